The summed E-state index contributed by atoms with van der Waals surface area (Å²) >= 11 is 1.47. The Hall–Kier alpha value is -1.55. The van der Waals surface area contributed by atoms with Crippen molar-refractivity contribution in [2.24, 2.45) is 5.92 Å². The van der Waals surface area contributed by atoms with Crippen LogP contribution in [0.1, 0.15) is 40.5 Å². The Bertz CT molecular complexity index is 573. The van der Waals surface area contributed by atoms with Crippen molar-refractivity contribution in [3.63, 3.8) is 0 Å². The molecule has 1 fully saturated rings. The normalized spacial score (nSPS) is 21.4. The van der Waals surface area contributed by atoms with Crippen molar-refractivity contribution in [3.05, 3.63) is 46.0 Å². The molecule has 0 saturated heterocycles. The molecule has 1 amide bonds. The second kappa shape index (κ2) is 4.85. The lowest BCUT2D eigenvalue weighted by molar-refractivity contribution is 0.0779. The minimum Gasteiger partial charge on any atom is -0.464 e. The molecule has 19 heavy (non-hydrogen) atoms. The summed E-state index contributed by atoms with van der Waals surface area (Å²) in [6.07, 6.45) is 1.22. The Kier molecular flexibility index (Phi) is 3.19. The topological polar surface area (TPSA) is 33.5 Å². The van der Waals surface area contributed by atoms with Gasteiger partial charge in [-0.3, -0.25) is 4.79 Å². The smallest absolute Gasteiger partial charge is 0.264 e. The highest BCUT2D eigenvalue weighted by molar-refractivity contribution is 7.12. The van der Waals surface area contributed by atoms with E-state index in [1.54, 1.807) is 4.90 Å². The lowest BCUT2D eigenvalue weighted by atomic mass is 10.3. The predicted molar refractivity (Wildman–Crippen MR) is 75.3 cm³/mol. The first kappa shape index (κ1) is 12.5. The molecule has 0 N–H and O–H groups in total. The van der Waals surface area contributed by atoms with Crippen LogP contribution < -0.4 is 0 Å². The third-order valence-electron chi connectivity index (χ3n) is 3.63. The van der Waals surface area contributed by atoms with Gasteiger partial charge in [0.15, 0.2) is 0 Å². The van der Waals surface area contributed by atoms with Crippen LogP contribution >= 0.6 is 11.3 Å². The third-order valence-corrected chi connectivity index (χ3v) is 4.49. The molecule has 2 heterocycles. The summed E-state index contributed by atoms with van der Waals surface area (Å²) in [4.78, 5) is 14.6. The van der Waals surface area contributed by atoms with Crippen LogP contribution in [-0.2, 0) is 6.54 Å². The molecule has 3 rings (SSSR count). The van der Waals surface area contributed by atoms with Crippen LogP contribution in [0.5, 0.6) is 0 Å². The average Bonchev–Trinajstić information content (AvgIpc) is 2.88. The molecule has 0 spiro atoms. The largest absolute Gasteiger partial charge is 0.464 e. The van der Waals surface area contributed by atoms with Crippen LogP contribution in [0.3, 0.4) is 0 Å². The van der Waals surface area contributed by atoms with Crippen molar-refractivity contribution in [1.29, 1.82) is 0 Å². The van der Waals surface area contributed by atoms with Crippen LogP contribution in [0, 0.1) is 5.92 Å². The summed E-state index contributed by atoms with van der Waals surface area (Å²) in [5.74, 6) is 3.31. The number of carbonyl (C=O) groups is 1. The van der Waals surface area contributed by atoms with Gasteiger partial charge in [-0.15, -0.1) is 11.3 Å². The van der Waals surface area contributed by atoms with Crippen LogP contribution in [0.25, 0.3) is 0 Å². The molecule has 0 radical (unpaired) electrons. The van der Waals surface area contributed by atoms with Gasteiger partial charge in [0.25, 0.3) is 5.91 Å². The summed E-state index contributed by atoms with van der Waals surface area (Å²) in [6.45, 7) is 2.76. The number of carbonyl (C=O) groups excluding carboxylic acids is 1. The summed E-state index contributed by atoms with van der Waals surface area (Å²) in [5.41, 5.74) is 0. The minimum atomic E-state index is 0.0488. The molecule has 1 aliphatic carbocycles. The van der Waals surface area contributed by atoms with Gasteiger partial charge < -0.3 is 9.32 Å². The average molecular weight is 275 g/mol. The zero-order valence-corrected chi connectivity index (χ0v) is 11.9. The van der Waals surface area contributed by atoms with Gasteiger partial charge in [0.1, 0.15) is 11.5 Å². The van der Waals surface area contributed by atoms with E-state index in [9.17, 15) is 4.79 Å². The van der Waals surface area contributed by atoms with Crippen LogP contribution in [0.4, 0.5) is 0 Å². The van der Waals surface area contributed by atoms with E-state index in [0.29, 0.717) is 12.5 Å². The Morgan fingerprint density at radius 2 is 2.26 bits per heavy atom. The van der Waals surface area contributed by atoms with E-state index in [0.717, 1.165) is 22.3 Å². The van der Waals surface area contributed by atoms with Crippen molar-refractivity contribution < 1.29 is 9.21 Å². The molecule has 2 aromatic heterocycles. The summed E-state index contributed by atoms with van der Waals surface area (Å²) < 4.78 is 5.83. The van der Waals surface area contributed by atoms with E-state index in [-0.39, 0.29) is 5.91 Å². The number of hydrogen-bond acceptors (Lipinski definition) is 3. The van der Waals surface area contributed by atoms with E-state index in [4.69, 9.17) is 4.42 Å². The van der Waals surface area contributed by atoms with Crippen molar-refractivity contribution in [1.82, 2.24) is 4.90 Å². The molecule has 0 bridgehead atoms. The summed E-state index contributed by atoms with van der Waals surface area (Å²) in [6, 6.07) is 7.78. The zero-order valence-electron chi connectivity index (χ0n) is 11.1. The molecule has 1 saturated carbocycles. The highest BCUT2D eigenvalue weighted by Gasteiger charge is 2.36. The Morgan fingerprint density at radius 1 is 1.47 bits per heavy atom. The van der Waals surface area contributed by atoms with Gasteiger partial charge in [0.05, 0.1) is 11.4 Å². The highest BCUT2D eigenvalue weighted by atomic mass is 32.1. The molecular weight excluding hydrogens is 258 g/mol. The van der Waals surface area contributed by atoms with E-state index in [1.165, 1.54) is 17.8 Å². The van der Waals surface area contributed by atoms with Gasteiger partial charge in [0, 0.05) is 13.0 Å². The van der Waals surface area contributed by atoms with E-state index in [1.807, 2.05) is 36.7 Å². The van der Waals surface area contributed by atoms with Crippen molar-refractivity contribution >= 4 is 17.2 Å². The van der Waals surface area contributed by atoms with Crippen molar-refractivity contribution in [2.45, 2.75) is 25.8 Å². The van der Waals surface area contributed by atoms with Crippen LogP contribution in [0.15, 0.2) is 34.1 Å². The third kappa shape index (κ3) is 2.59. The quantitative estimate of drug-likeness (QED) is 0.851. The number of amides is 1. The molecule has 3 nitrogen and oxygen atoms in total. The zero-order chi connectivity index (χ0) is 13.4. The second-order valence-electron chi connectivity index (χ2n) is 5.26. The van der Waals surface area contributed by atoms with Gasteiger partial charge in [-0.25, -0.2) is 0 Å². The summed E-state index contributed by atoms with van der Waals surface area (Å²) in [5, 5.41) is 1.92. The number of hydrogen-bond donors (Lipinski definition) is 0. The molecule has 1 aliphatic rings. The van der Waals surface area contributed by atoms with Crippen molar-refractivity contribution in [2.75, 3.05) is 7.05 Å². The number of thiophene rings is 1. The van der Waals surface area contributed by atoms with Gasteiger partial charge in [-0.1, -0.05) is 13.0 Å². The molecule has 0 aromatic carbocycles. The van der Waals surface area contributed by atoms with E-state index < -0.39 is 0 Å². The standard InChI is InChI=1S/C15H17NO2S/c1-10-8-12(10)13-6-5-11(18-13)9-16(2)15(17)14-4-3-7-19-14/h3-7,10,12H,8-9H2,1-2H3. The Labute approximate surface area is 116 Å². The SMILES string of the molecule is CC1CC1c1ccc(CN(C)C(=O)c2cccs2)o1. The molecule has 4 heteroatoms. The first-order chi connectivity index (χ1) is 9.15. The molecule has 2 aromatic rings. The Morgan fingerprint density at radius 3 is 2.89 bits per heavy atom. The van der Waals surface area contributed by atoms with E-state index >= 15 is 0 Å². The number of rotatable bonds is 4. The molecule has 100 valence electrons. The first-order valence-corrected chi connectivity index (χ1v) is 7.40. The number of nitrogens with zero attached hydrogens (tertiary/aromatic N) is 1. The molecule has 2 unspecified atom stereocenters. The first-order valence-electron chi connectivity index (χ1n) is 6.52. The van der Waals surface area contributed by atoms with Crippen molar-refractivity contribution in [3.8, 4) is 0 Å². The van der Waals surface area contributed by atoms with Crippen LogP contribution in [-0.4, -0.2) is 17.9 Å². The lowest BCUT2D eigenvalue weighted by Crippen LogP contribution is -2.25. The maximum atomic E-state index is 12.1. The second-order valence-corrected chi connectivity index (χ2v) is 6.21. The minimum absolute atomic E-state index is 0.0488. The van der Waals surface area contributed by atoms with Gasteiger partial charge in [-0.2, -0.15) is 0 Å². The van der Waals surface area contributed by atoms with Gasteiger partial charge in [-0.05, 0) is 35.9 Å². The van der Waals surface area contributed by atoms with E-state index in [2.05, 4.69) is 6.92 Å². The van der Waals surface area contributed by atoms with Crippen LogP contribution in [0.2, 0.25) is 0 Å². The maximum absolute atomic E-state index is 12.1. The molecule has 0 aliphatic heterocycles. The lowest BCUT2D eigenvalue weighted by Gasteiger charge is -2.14. The number of furan rings is 1. The Balaban J connectivity index is 1.64. The monoisotopic (exact) mass is 275 g/mol. The van der Waals surface area contributed by atoms with Gasteiger partial charge in [0.2, 0.25) is 0 Å². The summed E-state index contributed by atoms with van der Waals surface area (Å²) in [7, 11) is 1.81. The predicted octanol–water partition coefficient (Wildman–Crippen LogP) is 3.74. The highest BCUT2D eigenvalue weighted by Crippen LogP contribution is 2.47. The fraction of sp³-hybridized carbons (Fsp3) is 0.400. The molecular formula is C15H17NO2S. The van der Waals surface area contributed by atoms with Gasteiger partial charge >= 0.3 is 0 Å². The fourth-order valence-corrected chi connectivity index (χ4v) is 3.01. The fourth-order valence-electron chi connectivity index (χ4n) is 2.29. The molecule has 2 atom stereocenters. The maximum Gasteiger partial charge on any atom is 0.264 e.